The highest BCUT2D eigenvalue weighted by Gasteiger charge is 2.19. The van der Waals surface area contributed by atoms with Gasteiger partial charge >= 0.3 is 5.97 Å². The molecule has 6 nitrogen and oxygen atoms in total. The summed E-state index contributed by atoms with van der Waals surface area (Å²) in [5.41, 5.74) is 1.59. The maximum atomic E-state index is 12.3. The van der Waals surface area contributed by atoms with E-state index in [-0.39, 0.29) is 6.42 Å². The van der Waals surface area contributed by atoms with E-state index in [1.54, 1.807) is 19.3 Å². The number of carbonyl (C=O) groups excluding carboxylic acids is 1. The second-order valence-electron chi connectivity index (χ2n) is 7.24. The van der Waals surface area contributed by atoms with Gasteiger partial charge in [-0.25, -0.2) is 4.79 Å². The lowest BCUT2D eigenvalue weighted by Crippen LogP contribution is -2.41. The van der Waals surface area contributed by atoms with Crippen molar-refractivity contribution in [3.05, 3.63) is 65.7 Å². The Hall–Kier alpha value is -3.28. The third kappa shape index (κ3) is 8.54. The summed E-state index contributed by atoms with van der Waals surface area (Å²) in [5.74, 6) is -0.300. The van der Waals surface area contributed by atoms with Crippen LogP contribution in [0.15, 0.2) is 54.6 Å². The molecule has 0 aliphatic heterocycles. The molecule has 6 heteroatoms. The summed E-state index contributed by atoms with van der Waals surface area (Å²) in [5, 5.41) is 12.0. The summed E-state index contributed by atoms with van der Waals surface area (Å²) < 4.78 is 11.2. The molecule has 0 saturated carbocycles. The molecule has 2 aromatic carbocycles. The van der Waals surface area contributed by atoms with Crippen molar-refractivity contribution < 1.29 is 24.2 Å². The van der Waals surface area contributed by atoms with Gasteiger partial charge in [-0.1, -0.05) is 62.6 Å². The molecular formula is C25H31NO5. The largest absolute Gasteiger partial charge is 0.493 e. The maximum Gasteiger partial charge on any atom is 0.326 e. The molecule has 0 spiro atoms. The number of nitrogens with one attached hydrogen (secondary N) is 1. The molecule has 1 atom stereocenters. The molecule has 1 amide bonds. The standard InChI is InChI=1S/C25H31NO5/c1-3-4-5-9-16-31-22-14-12-20(18-23(22)30-2)13-15-24(27)26-21(25(28)29)17-19-10-7-6-8-11-19/h6-8,10-15,18,21H,3-5,9,16-17H2,1-2H3,(H,26,27)(H,28,29)/b15-13+/t21-/m0/s1. The van der Waals surface area contributed by atoms with Gasteiger partial charge in [-0.2, -0.15) is 0 Å². The number of methoxy groups -OCH3 is 1. The summed E-state index contributed by atoms with van der Waals surface area (Å²) in [6.45, 7) is 2.80. The predicted molar refractivity (Wildman–Crippen MR) is 121 cm³/mol. The third-order valence-corrected chi connectivity index (χ3v) is 4.77. The van der Waals surface area contributed by atoms with Gasteiger partial charge < -0.3 is 19.9 Å². The average Bonchev–Trinajstić information content (AvgIpc) is 2.78. The van der Waals surface area contributed by atoms with Crippen molar-refractivity contribution in [3.63, 3.8) is 0 Å². The molecule has 0 aromatic heterocycles. The zero-order chi connectivity index (χ0) is 22.5. The van der Waals surface area contributed by atoms with Crippen molar-refractivity contribution in [3.8, 4) is 11.5 Å². The first kappa shape index (κ1) is 24.0. The van der Waals surface area contributed by atoms with Gasteiger partial charge in [-0.05, 0) is 35.8 Å². The van der Waals surface area contributed by atoms with Crippen LogP contribution < -0.4 is 14.8 Å². The molecule has 166 valence electrons. The highest BCUT2D eigenvalue weighted by atomic mass is 16.5. The highest BCUT2D eigenvalue weighted by Crippen LogP contribution is 2.28. The number of ether oxygens (including phenoxy) is 2. The number of unbranched alkanes of at least 4 members (excludes halogenated alkanes) is 3. The zero-order valence-electron chi connectivity index (χ0n) is 18.2. The lowest BCUT2D eigenvalue weighted by Gasteiger charge is -2.13. The summed E-state index contributed by atoms with van der Waals surface area (Å²) in [6, 6.07) is 13.6. The van der Waals surface area contributed by atoms with Crippen molar-refractivity contribution in [2.75, 3.05) is 13.7 Å². The first-order chi connectivity index (χ1) is 15.0. The quantitative estimate of drug-likeness (QED) is 0.365. The first-order valence-corrected chi connectivity index (χ1v) is 10.6. The Morgan fingerprint density at radius 1 is 1.06 bits per heavy atom. The van der Waals surface area contributed by atoms with Crippen molar-refractivity contribution in [2.24, 2.45) is 0 Å². The minimum Gasteiger partial charge on any atom is -0.493 e. The molecule has 0 saturated heterocycles. The average molecular weight is 426 g/mol. The van der Waals surface area contributed by atoms with E-state index in [0.717, 1.165) is 24.0 Å². The fourth-order valence-electron chi connectivity index (χ4n) is 3.06. The molecule has 2 N–H and O–H groups in total. The summed E-state index contributed by atoms with van der Waals surface area (Å²) in [4.78, 5) is 23.8. The summed E-state index contributed by atoms with van der Waals surface area (Å²) in [7, 11) is 1.57. The summed E-state index contributed by atoms with van der Waals surface area (Å²) >= 11 is 0. The van der Waals surface area contributed by atoms with Gasteiger partial charge in [0, 0.05) is 12.5 Å². The number of benzene rings is 2. The topological polar surface area (TPSA) is 84.9 Å². The van der Waals surface area contributed by atoms with Crippen molar-refractivity contribution in [1.82, 2.24) is 5.32 Å². The van der Waals surface area contributed by atoms with Crippen LogP contribution in [0.2, 0.25) is 0 Å². The van der Waals surface area contributed by atoms with Crippen LogP contribution in [-0.2, 0) is 16.0 Å². The van der Waals surface area contributed by atoms with Gasteiger partial charge in [0.2, 0.25) is 5.91 Å². The normalized spacial score (nSPS) is 11.8. The van der Waals surface area contributed by atoms with Gasteiger partial charge in [0.1, 0.15) is 6.04 Å². The Kier molecular flexibility index (Phi) is 10.1. The summed E-state index contributed by atoms with van der Waals surface area (Å²) in [6.07, 6.45) is 7.65. The van der Waals surface area contributed by atoms with Crippen LogP contribution in [0.5, 0.6) is 11.5 Å². The fraction of sp³-hybridized carbons (Fsp3) is 0.360. The number of aliphatic carboxylic acids is 1. The van der Waals surface area contributed by atoms with Gasteiger partial charge in [0.15, 0.2) is 11.5 Å². The van der Waals surface area contributed by atoms with E-state index in [2.05, 4.69) is 12.2 Å². The second kappa shape index (κ2) is 13.1. The number of rotatable bonds is 13. The van der Waals surface area contributed by atoms with E-state index in [0.29, 0.717) is 18.1 Å². The molecule has 0 bridgehead atoms. The molecule has 0 aliphatic rings. The van der Waals surface area contributed by atoms with Crippen LogP contribution >= 0.6 is 0 Å². The molecule has 0 radical (unpaired) electrons. The number of carboxylic acid groups (broad SMARTS) is 1. The lowest BCUT2D eigenvalue weighted by atomic mass is 10.1. The van der Waals surface area contributed by atoms with Crippen LogP contribution in [0.4, 0.5) is 0 Å². The molecule has 2 aromatic rings. The lowest BCUT2D eigenvalue weighted by molar-refractivity contribution is -0.141. The number of carbonyl (C=O) groups is 2. The smallest absolute Gasteiger partial charge is 0.326 e. The predicted octanol–water partition coefficient (Wildman–Crippen LogP) is 4.48. The minimum atomic E-state index is -1.08. The Morgan fingerprint density at radius 2 is 1.84 bits per heavy atom. The number of amides is 1. The number of hydrogen-bond donors (Lipinski definition) is 2. The first-order valence-electron chi connectivity index (χ1n) is 10.6. The molecule has 0 fully saturated rings. The Labute approximate surface area is 183 Å². The van der Waals surface area contributed by atoms with E-state index in [1.165, 1.54) is 18.9 Å². The van der Waals surface area contributed by atoms with Crippen LogP contribution in [0.25, 0.3) is 6.08 Å². The van der Waals surface area contributed by atoms with Crippen molar-refractivity contribution in [2.45, 2.75) is 45.1 Å². The number of carboxylic acids is 1. The second-order valence-corrected chi connectivity index (χ2v) is 7.24. The van der Waals surface area contributed by atoms with Gasteiger partial charge in [0.05, 0.1) is 13.7 Å². The van der Waals surface area contributed by atoms with E-state index in [4.69, 9.17) is 9.47 Å². The molecule has 2 rings (SSSR count). The molecule has 31 heavy (non-hydrogen) atoms. The zero-order valence-corrected chi connectivity index (χ0v) is 18.2. The van der Waals surface area contributed by atoms with E-state index < -0.39 is 17.9 Å². The van der Waals surface area contributed by atoms with Crippen LogP contribution in [0, 0.1) is 0 Å². The van der Waals surface area contributed by atoms with Gasteiger partial charge in [-0.3, -0.25) is 4.79 Å². The SMILES string of the molecule is CCCCCCOc1ccc(/C=C/C(=O)N[C@@H](Cc2ccccc2)C(=O)O)cc1OC. The van der Waals surface area contributed by atoms with Gasteiger partial charge in [-0.15, -0.1) is 0 Å². The van der Waals surface area contributed by atoms with E-state index >= 15 is 0 Å². The monoisotopic (exact) mass is 425 g/mol. The molecule has 0 heterocycles. The van der Waals surface area contributed by atoms with Gasteiger partial charge in [0.25, 0.3) is 0 Å². The molecule has 0 unspecified atom stereocenters. The Balaban J connectivity index is 1.94. The molecule has 0 aliphatic carbocycles. The van der Waals surface area contributed by atoms with Crippen molar-refractivity contribution in [1.29, 1.82) is 0 Å². The van der Waals surface area contributed by atoms with Crippen LogP contribution in [-0.4, -0.2) is 36.7 Å². The van der Waals surface area contributed by atoms with E-state index in [9.17, 15) is 14.7 Å². The Bertz CT molecular complexity index is 863. The highest BCUT2D eigenvalue weighted by molar-refractivity contribution is 5.94. The third-order valence-electron chi connectivity index (χ3n) is 4.77. The van der Waals surface area contributed by atoms with Crippen LogP contribution in [0.1, 0.15) is 43.7 Å². The van der Waals surface area contributed by atoms with E-state index in [1.807, 2.05) is 42.5 Å². The maximum absolute atomic E-state index is 12.3. The number of hydrogen-bond acceptors (Lipinski definition) is 4. The fourth-order valence-corrected chi connectivity index (χ4v) is 3.06. The molecular weight excluding hydrogens is 394 g/mol. The minimum absolute atomic E-state index is 0.216. The Morgan fingerprint density at radius 3 is 2.52 bits per heavy atom. The van der Waals surface area contributed by atoms with Crippen molar-refractivity contribution >= 4 is 18.0 Å². The van der Waals surface area contributed by atoms with Crippen LogP contribution in [0.3, 0.4) is 0 Å².